The van der Waals surface area contributed by atoms with Crippen molar-refractivity contribution < 1.29 is 5.11 Å². The van der Waals surface area contributed by atoms with Gasteiger partial charge < -0.3 is 9.67 Å². The number of aliphatic hydroxyl groups excluding tert-OH is 1. The van der Waals surface area contributed by atoms with Crippen LogP contribution in [0.4, 0.5) is 0 Å². The van der Waals surface area contributed by atoms with Gasteiger partial charge in [-0.05, 0) is 44.1 Å². The zero-order valence-electron chi connectivity index (χ0n) is 12.6. The van der Waals surface area contributed by atoms with E-state index in [1.54, 1.807) is 0 Å². The van der Waals surface area contributed by atoms with Crippen molar-refractivity contribution in [3.63, 3.8) is 0 Å². The molecule has 0 aliphatic heterocycles. The van der Waals surface area contributed by atoms with E-state index in [9.17, 15) is 5.11 Å². The number of aromatic nitrogens is 1. The second kappa shape index (κ2) is 4.66. The van der Waals surface area contributed by atoms with Gasteiger partial charge in [-0.1, -0.05) is 33.1 Å². The SMILES string of the molecule is Cc1cc2c(n1C1CCCCC1)CC(C)(C)CC2O. The van der Waals surface area contributed by atoms with Crippen LogP contribution in [-0.4, -0.2) is 9.67 Å². The maximum atomic E-state index is 10.4. The van der Waals surface area contributed by atoms with E-state index in [1.165, 1.54) is 49.1 Å². The standard InChI is InChI=1S/C17H27NO/c1-12-9-14-15(10-17(2,3)11-16(14)19)18(12)13-7-5-4-6-8-13/h9,13,16,19H,4-8,10-11H2,1-3H3. The Morgan fingerprint density at radius 2 is 1.89 bits per heavy atom. The minimum atomic E-state index is -0.262. The first-order chi connectivity index (χ1) is 8.98. The Morgan fingerprint density at radius 3 is 2.58 bits per heavy atom. The molecule has 3 rings (SSSR count). The van der Waals surface area contributed by atoms with Crippen molar-refractivity contribution in [2.45, 2.75) is 77.9 Å². The Bertz CT molecular complexity index is 466. The lowest BCUT2D eigenvalue weighted by molar-refractivity contribution is 0.0970. The molecule has 1 fully saturated rings. The highest BCUT2D eigenvalue weighted by Crippen LogP contribution is 2.44. The fraction of sp³-hybridized carbons (Fsp3) is 0.765. The summed E-state index contributed by atoms with van der Waals surface area (Å²) < 4.78 is 2.57. The topological polar surface area (TPSA) is 25.2 Å². The molecule has 0 spiro atoms. The molecular weight excluding hydrogens is 234 g/mol. The molecule has 2 heteroatoms. The third-order valence-corrected chi connectivity index (χ3v) is 5.06. The number of fused-ring (bicyclic) bond motifs is 1. The van der Waals surface area contributed by atoms with Crippen molar-refractivity contribution in [2.75, 3.05) is 0 Å². The summed E-state index contributed by atoms with van der Waals surface area (Å²) in [6.07, 6.45) is 8.51. The lowest BCUT2D eigenvalue weighted by Gasteiger charge is -2.36. The largest absolute Gasteiger partial charge is 0.388 e. The van der Waals surface area contributed by atoms with Gasteiger partial charge in [0.1, 0.15) is 0 Å². The molecule has 1 unspecified atom stereocenters. The minimum Gasteiger partial charge on any atom is -0.388 e. The quantitative estimate of drug-likeness (QED) is 0.800. The number of aryl methyl sites for hydroxylation is 1. The first-order valence-corrected chi connectivity index (χ1v) is 7.87. The summed E-state index contributed by atoms with van der Waals surface area (Å²) in [6.45, 7) is 6.78. The Balaban J connectivity index is 2.01. The van der Waals surface area contributed by atoms with Crippen molar-refractivity contribution >= 4 is 0 Å². The van der Waals surface area contributed by atoms with E-state index >= 15 is 0 Å². The van der Waals surface area contributed by atoms with Gasteiger partial charge in [-0.15, -0.1) is 0 Å². The second-order valence-corrected chi connectivity index (χ2v) is 7.41. The molecule has 1 aromatic rings. The first-order valence-electron chi connectivity index (χ1n) is 7.87. The van der Waals surface area contributed by atoms with Gasteiger partial charge in [-0.2, -0.15) is 0 Å². The van der Waals surface area contributed by atoms with Gasteiger partial charge in [-0.25, -0.2) is 0 Å². The van der Waals surface area contributed by atoms with Gasteiger partial charge >= 0.3 is 0 Å². The molecule has 106 valence electrons. The Labute approximate surface area is 116 Å². The summed E-state index contributed by atoms with van der Waals surface area (Å²) in [7, 11) is 0. The third kappa shape index (κ3) is 2.35. The lowest BCUT2D eigenvalue weighted by atomic mass is 9.75. The van der Waals surface area contributed by atoms with Crippen molar-refractivity contribution in [1.82, 2.24) is 4.57 Å². The van der Waals surface area contributed by atoms with Crippen LogP contribution in [0.3, 0.4) is 0 Å². The predicted molar refractivity (Wildman–Crippen MR) is 78.4 cm³/mol. The normalized spacial score (nSPS) is 27.3. The van der Waals surface area contributed by atoms with E-state index in [0.29, 0.717) is 6.04 Å². The Hall–Kier alpha value is -0.760. The lowest BCUT2D eigenvalue weighted by Crippen LogP contribution is -2.28. The molecule has 0 radical (unpaired) electrons. The molecule has 1 aromatic heterocycles. The molecular formula is C17H27NO. The zero-order chi connectivity index (χ0) is 13.6. The molecule has 2 nitrogen and oxygen atoms in total. The van der Waals surface area contributed by atoms with Crippen molar-refractivity contribution in [2.24, 2.45) is 5.41 Å². The molecule has 1 N–H and O–H groups in total. The molecule has 19 heavy (non-hydrogen) atoms. The van der Waals surface area contributed by atoms with Gasteiger partial charge in [0.2, 0.25) is 0 Å². The van der Waals surface area contributed by atoms with E-state index in [1.807, 2.05) is 0 Å². The van der Waals surface area contributed by atoms with E-state index < -0.39 is 0 Å². The first kappa shape index (κ1) is 13.2. The van der Waals surface area contributed by atoms with E-state index in [4.69, 9.17) is 0 Å². The van der Waals surface area contributed by atoms with Gasteiger partial charge in [-0.3, -0.25) is 0 Å². The highest BCUT2D eigenvalue weighted by molar-refractivity contribution is 5.34. The summed E-state index contributed by atoms with van der Waals surface area (Å²) in [5, 5.41) is 10.4. The molecule has 1 atom stereocenters. The molecule has 2 aliphatic rings. The molecule has 0 saturated heterocycles. The summed E-state index contributed by atoms with van der Waals surface area (Å²) in [6, 6.07) is 2.92. The molecule has 1 saturated carbocycles. The maximum absolute atomic E-state index is 10.4. The zero-order valence-corrected chi connectivity index (χ0v) is 12.6. The van der Waals surface area contributed by atoms with Gasteiger partial charge in [0, 0.05) is 23.0 Å². The minimum absolute atomic E-state index is 0.226. The molecule has 2 aliphatic carbocycles. The second-order valence-electron chi connectivity index (χ2n) is 7.41. The summed E-state index contributed by atoms with van der Waals surface area (Å²) >= 11 is 0. The van der Waals surface area contributed by atoms with Crippen LogP contribution in [0.1, 0.15) is 81.5 Å². The molecule has 0 amide bonds. The highest BCUT2D eigenvalue weighted by atomic mass is 16.3. The van der Waals surface area contributed by atoms with Crippen LogP contribution in [0.5, 0.6) is 0 Å². The highest BCUT2D eigenvalue weighted by Gasteiger charge is 2.35. The van der Waals surface area contributed by atoms with Crippen LogP contribution in [0.25, 0.3) is 0 Å². The number of hydrogen-bond acceptors (Lipinski definition) is 1. The van der Waals surface area contributed by atoms with E-state index in [0.717, 1.165) is 12.8 Å². The third-order valence-electron chi connectivity index (χ3n) is 5.06. The average Bonchev–Trinajstić information content (AvgIpc) is 2.65. The van der Waals surface area contributed by atoms with Crippen LogP contribution in [0, 0.1) is 12.3 Å². The van der Waals surface area contributed by atoms with Crippen LogP contribution in [-0.2, 0) is 6.42 Å². The predicted octanol–water partition coefficient (Wildman–Crippen LogP) is 4.31. The maximum Gasteiger partial charge on any atom is 0.0812 e. The molecule has 0 bridgehead atoms. The smallest absolute Gasteiger partial charge is 0.0812 e. The van der Waals surface area contributed by atoms with E-state index in [2.05, 4.69) is 31.4 Å². The van der Waals surface area contributed by atoms with Crippen molar-refractivity contribution in [1.29, 1.82) is 0 Å². The van der Waals surface area contributed by atoms with Crippen LogP contribution in [0.15, 0.2) is 6.07 Å². The fourth-order valence-corrected chi connectivity index (χ4v) is 4.21. The summed E-state index contributed by atoms with van der Waals surface area (Å²) in [4.78, 5) is 0. The van der Waals surface area contributed by atoms with Crippen LogP contribution < -0.4 is 0 Å². The summed E-state index contributed by atoms with van der Waals surface area (Å²) in [5.74, 6) is 0. The van der Waals surface area contributed by atoms with E-state index in [-0.39, 0.29) is 11.5 Å². The Kier molecular flexibility index (Phi) is 3.24. The fourth-order valence-electron chi connectivity index (χ4n) is 4.21. The van der Waals surface area contributed by atoms with Gasteiger partial charge in [0.05, 0.1) is 6.10 Å². The monoisotopic (exact) mass is 261 g/mol. The van der Waals surface area contributed by atoms with Crippen LogP contribution >= 0.6 is 0 Å². The number of hydrogen-bond donors (Lipinski definition) is 1. The summed E-state index contributed by atoms with van der Waals surface area (Å²) in [5.41, 5.74) is 4.22. The Morgan fingerprint density at radius 1 is 1.21 bits per heavy atom. The molecule has 1 heterocycles. The number of nitrogens with zero attached hydrogens (tertiary/aromatic N) is 1. The van der Waals surface area contributed by atoms with Crippen LogP contribution in [0.2, 0.25) is 0 Å². The average molecular weight is 261 g/mol. The van der Waals surface area contributed by atoms with Crippen molar-refractivity contribution in [3.05, 3.63) is 23.0 Å². The van der Waals surface area contributed by atoms with Crippen molar-refractivity contribution in [3.8, 4) is 0 Å². The number of rotatable bonds is 1. The molecule has 0 aromatic carbocycles. The van der Waals surface area contributed by atoms with Gasteiger partial charge in [0.15, 0.2) is 0 Å². The van der Waals surface area contributed by atoms with Gasteiger partial charge in [0.25, 0.3) is 0 Å². The number of aliphatic hydroxyl groups is 1.